The van der Waals surface area contributed by atoms with Crippen LogP contribution in [0.25, 0.3) is 0 Å². The van der Waals surface area contributed by atoms with Gasteiger partial charge < -0.3 is 9.88 Å². The van der Waals surface area contributed by atoms with E-state index in [1.807, 2.05) is 16.4 Å². The molecule has 0 saturated heterocycles. The van der Waals surface area contributed by atoms with Gasteiger partial charge >= 0.3 is 6.18 Å². The van der Waals surface area contributed by atoms with Crippen LogP contribution >= 0.6 is 0 Å². The number of nitrogens with zero attached hydrogens (tertiary/aromatic N) is 4. The highest BCUT2D eigenvalue weighted by atomic mass is 19.4. The Morgan fingerprint density at radius 3 is 2.58 bits per heavy atom. The highest BCUT2D eigenvalue weighted by Gasteiger charge is 2.41. The van der Waals surface area contributed by atoms with Crippen LogP contribution in [0.15, 0.2) is 0 Å². The van der Waals surface area contributed by atoms with Crippen molar-refractivity contribution in [3.05, 3.63) is 11.6 Å². The minimum atomic E-state index is -4.11. The number of hydrogen-bond acceptors (Lipinski definition) is 4. The third kappa shape index (κ3) is 3.88. The van der Waals surface area contributed by atoms with E-state index >= 15 is 0 Å². The number of fused-ring (bicyclic) bond motifs is 1. The topological polar surface area (TPSA) is 63.1 Å². The molecule has 0 aromatic carbocycles. The molecule has 0 radical (unpaired) electrons. The molecule has 1 amide bonds. The first-order valence-corrected chi connectivity index (χ1v) is 8.30. The first-order valence-electron chi connectivity index (χ1n) is 8.30. The number of nitrogens with one attached hydrogen (secondary N) is 1. The van der Waals surface area contributed by atoms with Crippen LogP contribution in [0.1, 0.15) is 37.3 Å². The second-order valence-electron chi connectivity index (χ2n) is 6.68. The molecule has 24 heavy (non-hydrogen) atoms. The third-order valence-corrected chi connectivity index (χ3v) is 4.94. The third-order valence-electron chi connectivity index (χ3n) is 4.94. The summed E-state index contributed by atoms with van der Waals surface area (Å²) in [5, 5.41) is 11.0. The molecule has 0 spiro atoms. The molecule has 0 atom stereocenters. The molecule has 1 aliphatic carbocycles. The molecule has 6 nitrogen and oxygen atoms in total. The summed E-state index contributed by atoms with van der Waals surface area (Å²) in [6, 6.07) is -0.146. The van der Waals surface area contributed by atoms with Crippen LogP contribution in [0.3, 0.4) is 0 Å². The quantitative estimate of drug-likeness (QED) is 0.905. The molecular weight excluding hydrogens is 323 g/mol. The van der Waals surface area contributed by atoms with Gasteiger partial charge in [0.15, 0.2) is 0 Å². The Labute approximate surface area is 138 Å². The number of aryl methyl sites for hydroxylation is 1. The molecule has 134 valence electrons. The van der Waals surface area contributed by atoms with Crippen molar-refractivity contribution in [2.24, 2.45) is 5.92 Å². The van der Waals surface area contributed by atoms with Crippen molar-refractivity contribution in [2.75, 3.05) is 13.1 Å². The normalized spacial score (nSPS) is 25.3. The summed E-state index contributed by atoms with van der Waals surface area (Å²) >= 11 is 0. The minimum absolute atomic E-state index is 0.0978. The van der Waals surface area contributed by atoms with Gasteiger partial charge in [0.2, 0.25) is 5.91 Å². The fraction of sp³-hybridized carbons (Fsp3) is 0.800. The fourth-order valence-electron chi connectivity index (χ4n) is 3.53. The zero-order valence-corrected chi connectivity index (χ0v) is 13.6. The Bertz CT molecular complexity index is 592. The largest absolute Gasteiger partial charge is 0.391 e. The standard InChI is InChI=1S/C15H22F3N5O/c1-10-20-21-13-8-22(6-7-23(10)13)9-14(24)19-12-4-2-11(3-5-12)15(16,17)18/h11-12H,2-9H2,1H3,(H,19,24). The molecule has 1 aromatic rings. The summed E-state index contributed by atoms with van der Waals surface area (Å²) in [5.41, 5.74) is 0. The van der Waals surface area contributed by atoms with E-state index in [4.69, 9.17) is 0 Å². The van der Waals surface area contributed by atoms with Crippen molar-refractivity contribution < 1.29 is 18.0 Å². The van der Waals surface area contributed by atoms with E-state index in [2.05, 4.69) is 15.5 Å². The van der Waals surface area contributed by atoms with Crippen molar-refractivity contribution in [1.29, 1.82) is 0 Å². The van der Waals surface area contributed by atoms with E-state index in [0.717, 1.165) is 24.7 Å². The van der Waals surface area contributed by atoms with Crippen molar-refractivity contribution in [2.45, 2.75) is 57.9 Å². The van der Waals surface area contributed by atoms with Gasteiger partial charge in [0.05, 0.1) is 19.0 Å². The average molecular weight is 345 g/mol. The summed E-state index contributed by atoms with van der Waals surface area (Å²) in [4.78, 5) is 14.1. The van der Waals surface area contributed by atoms with Crippen molar-refractivity contribution in [3.63, 3.8) is 0 Å². The summed E-state index contributed by atoms with van der Waals surface area (Å²) in [6.45, 7) is 4.19. The van der Waals surface area contributed by atoms with E-state index in [1.165, 1.54) is 0 Å². The Kier molecular flexibility index (Phi) is 4.80. The second kappa shape index (κ2) is 6.70. The summed E-state index contributed by atoms with van der Waals surface area (Å²) in [6.07, 6.45) is -3.13. The summed E-state index contributed by atoms with van der Waals surface area (Å²) in [7, 11) is 0. The number of hydrogen-bond donors (Lipinski definition) is 1. The molecule has 1 aromatic heterocycles. The first kappa shape index (κ1) is 17.2. The van der Waals surface area contributed by atoms with Crippen molar-refractivity contribution >= 4 is 5.91 Å². The van der Waals surface area contributed by atoms with Gasteiger partial charge in [0.25, 0.3) is 0 Å². The number of aromatic nitrogens is 3. The Balaban J connectivity index is 1.44. The highest BCUT2D eigenvalue weighted by molar-refractivity contribution is 5.78. The molecule has 0 bridgehead atoms. The molecule has 2 heterocycles. The van der Waals surface area contributed by atoms with Crippen LogP contribution in [0.2, 0.25) is 0 Å². The van der Waals surface area contributed by atoms with Gasteiger partial charge in [-0.05, 0) is 32.6 Å². The predicted molar refractivity (Wildman–Crippen MR) is 80.0 cm³/mol. The van der Waals surface area contributed by atoms with E-state index in [1.54, 1.807) is 0 Å². The maximum absolute atomic E-state index is 12.7. The zero-order chi connectivity index (χ0) is 17.3. The molecule has 2 aliphatic rings. The number of carbonyl (C=O) groups is 1. The number of amides is 1. The Morgan fingerprint density at radius 2 is 1.92 bits per heavy atom. The molecular formula is C15H22F3N5O. The monoisotopic (exact) mass is 345 g/mol. The number of alkyl halides is 3. The van der Waals surface area contributed by atoms with E-state index in [0.29, 0.717) is 19.4 Å². The minimum Gasteiger partial charge on any atom is -0.352 e. The van der Waals surface area contributed by atoms with Crippen LogP contribution in [-0.4, -0.2) is 50.9 Å². The number of carbonyl (C=O) groups excluding carboxylic acids is 1. The van der Waals surface area contributed by atoms with Gasteiger partial charge in [-0.1, -0.05) is 0 Å². The van der Waals surface area contributed by atoms with Crippen LogP contribution in [0.5, 0.6) is 0 Å². The predicted octanol–water partition coefficient (Wildman–Crippen LogP) is 1.64. The van der Waals surface area contributed by atoms with Crippen molar-refractivity contribution in [3.8, 4) is 0 Å². The van der Waals surface area contributed by atoms with Gasteiger partial charge in [-0.3, -0.25) is 9.69 Å². The van der Waals surface area contributed by atoms with Crippen LogP contribution in [-0.2, 0) is 17.9 Å². The molecule has 1 aliphatic heterocycles. The molecule has 0 unspecified atom stereocenters. The van der Waals surface area contributed by atoms with Gasteiger partial charge in [-0.25, -0.2) is 0 Å². The zero-order valence-electron chi connectivity index (χ0n) is 13.6. The fourth-order valence-corrected chi connectivity index (χ4v) is 3.53. The summed E-state index contributed by atoms with van der Waals surface area (Å²) in [5.74, 6) is 0.366. The second-order valence-corrected chi connectivity index (χ2v) is 6.68. The lowest BCUT2D eigenvalue weighted by atomic mass is 9.85. The first-order chi connectivity index (χ1) is 11.3. The average Bonchev–Trinajstić information content (AvgIpc) is 2.87. The smallest absolute Gasteiger partial charge is 0.352 e. The lowest BCUT2D eigenvalue weighted by Gasteiger charge is -2.31. The maximum atomic E-state index is 12.7. The molecule has 1 fully saturated rings. The summed E-state index contributed by atoms with van der Waals surface area (Å²) < 4.78 is 40.0. The molecule has 1 N–H and O–H groups in total. The highest BCUT2D eigenvalue weighted by Crippen LogP contribution is 2.37. The van der Waals surface area contributed by atoms with E-state index in [9.17, 15) is 18.0 Å². The van der Waals surface area contributed by atoms with Crippen molar-refractivity contribution in [1.82, 2.24) is 25.0 Å². The van der Waals surface area contributed by atoms with E-state index in [-0.39, 0.29) is 31.3 Å². The van der Waals surface area contributed by atoms with Gasteiger partial charge in [-0.2, -0.15) is 13.2 Å². The number of halogens is 3. The lowest BCUT2D eigenvalue weighted by Crippen LogP contribution is -2.46. The van der Waals surface area contributed by atoms with E-state index < -0.39 is 12.1 Å². The maximum Gasteiger partial charge on any atom is 0.391 e. The van der Waals surface area contributed by atoms with Gasteiger partial charge in [0, 0.05) is 19.1 Å². The molecule has 3 rings (SSSR count). The Hall–Kier alpha value is -1.64. The van der Waals surface area contributed by atoms with Crippen LogP contribution in [0.4, 0.5) is 13.2 Å². The number of rotatable bonds is 3. The SMILES string of the molecule is Cc1nnc2n1CCN(CC(=O)NC1CCC(C(F)(F)F)CC1)C2. The van der Waals surface area contributed by atoms with Gasteiger partial charge in [0.1, 0.15) is 11.6 Å². The molecule has 1 saturated carbocycles. The Morgan fingerprint density at radius 1 is 1.21 bits per heavy atom. The van der Waals surface area contributed by atoms with Crippen LogP contribution < -0.4 is 5.32 Å². The van der Waals surface area contributed by atoms with Gasteiger partial charge in [-0.15, -0.1) is 10.2 Å². The van der Waals surface area contributed by atoms with Crippen LogP contribution in [0, 0.1) is 12.8 Å². The lowest BCUT2D eigenvalue weighted by molar-refractivity contribution is -0.182. The molecule has 9 heteroatoms.